The van der Waals surface area contributed by atoms with Crippen LogP contribution in [0.1, 0.15) is 11.6 Å². The van der Waals surface area contributed by atoms with Crippen LogP contribution < -0.4 is 11.5 Å². The third-order valence-corrected chi connectivity index (χ3v) is 1.66. The van der Waals surface area contributed by atoms with Crippen molar-refractivity contribution in [2.45, 2.75) is 6.04 Å². The zero-order chi connectivity index (χ0) is 9.84. The minimum atomic E-state index is -0.673. The van der Waals surface area contributed by atoms with Crippen molar-refractivity contribution < 1.29 is 9.13 Å². The number of anilines is 1. The van der Waals surface area contributed by atoms with Crippen LogP contribution in [-0.4, -0.2) is 18.7 Å². The molecule has 0 aliphatic carbocycles. The first kappa shape index (κ1) is 9.88. The molecule has 1 rings (SSSR count). The van der Waals surface area contributed by atoms with Crippen molar-refractivity contribution in [1.82, 2.24) is 4.98 Å². The molecule has 0 saturated carbocycles. The highest BCUT2D eigenvalue weighted by atomic mass is 19.1. The average molecular weight is 185 g/mol. The van der Waals surface area contributed by atoms with Crippen molar-refractivity contribution in [3.8, 4) is 0 Å². The van der Waals surface area contributed by atoms with Crippen LogP contribution in [0.5, 0.6) is 0 Å². The lowest BCUT2D eigenvalue weighted by molar-refractivity contribution is 0.181. The van der Waals surface area contributed by atoms with Crippen molar-refractivity contribution in [3.05, 3.63) is 23.8 Å². The molecule has 4 N–H and O–H groups in total. The molecule has 1 atom stereocenters. The third kappa shape index (κ3) is 2.37. The van der Waals surface area contributed by atoms with Crippen molar-refractivity contribution in [1.29, 1.82) is 0 Å². The van der Waals surface area contributed by atoms with Crippen LogP contribution in [0.15, 0.2) is 12.3 Å². The predicted molar refractivity (Wildman–Crippen MR) is 47.4 cm³/mol. The van der Waals surface area contributed by atoms with E-state index in [9.17, 15) is 4.39 Å². The van der Waals surface area contributed by atoms with E-state index in [2.05, 4.69) is 4.98 Å². The van der Waals surface area contributed by atoms with Crippen molar-refractivity contribution in [2.75, 3.05) is 19.5 Å². The van der Waals surface area contributed by atoms with Gasteiger partial charge in [0.15, 0.2) is 0 Å². The molecule has 72 valence electrons. The number of nitrogen functional groups attached to an aromatic ring is 1. The molecule has 1 aromatic rings. The fraction of sp³-hybridized carbons (Fsp3) is 0.375. The van der Waals surface area contributed by atoms with E-state index in [0.717, 1.165) is 0 Å². The third-order valence-electron chi connectivity index (χ3n) is 1.66. The minimum Gasteiger partial charge on any atom is -0.395 e. The largest absolute Gasteiger partial charge is 0.395 e. The number of aromatic nitrogens is 1. The van der Waals surface area contributed by atoms with Gasteiger partial charge < -0.3 is 16.2 Å². The quantitative estimate of drug-likeness (QED) is 0.670. The first-order valence-electron chi connectivity index (χ1n) is 3.80. The van der Waals surface area contributed by atoms with Crippen LogP contribution in [0.2, 0.25) is 0 Å². The van der Waals surface area contributed by atoms with Crippen LogP contribution in [0.4, 0.5) is 10.1 Å². The lowest BCUT2D eigenvalue weighted by atomic mass is 10.1. The maximum atomic E-state index is 12.6. The summed E-state index contributed by atoms with van der Waals surface area (Å²) in [5.74, 6) is -0.673. The maximum absolute atomic E-state index is 12.6. The Morgan fingerprint density at radius 3 is 2.92 bits per heavy atom. The van der Waals surface area contributed by atoms with Crippen LogP contribution in [0.25, 0.3) is 0 Å². The molecule has 0 unspecified atom stereocenters. The van der Waals surface area contributed by atoms with E-state index in [0.29, 0.717) is 12.2 Å². The Bertz CT molecular complexity index is 293. The second-order valence-corrected chi connectivity index (χ2v) is 2.71. The van der Waals surface area contributed by atoms with Gasteiger partial charge in [-0.15, -0.1) is 0 Å². The Morgan fingerprint density at radius 2 is 2.38 bits per heavy atom. The number of rotatable bonds is 3. The molecule has 0 spiro atoms. The van der Waals surface area contributed by atoms with E-state index in [1.165, 1.54) is 12.3 Å². The molecule has 0 aliphatic heterocycles. The normalized spacial score (nSPS) is 12.8. The summed E-state index contributed by atoms with van der Waals surface area (Å²) < 4.78 is 17.5. The van der Waals surface area contributed by atoms with Crippen LogP contribution >= 0.6 is 0 Å². The Balaban J connectivity index is 2.84. The minimum absolute atomic E-state index is 0.00375. The van der Waals surface area contributed by atoms with Crippen molar-refractivity contribution >= 4 is 5.69 Å². The Morgan fingerprint density at radius 1 is 1.69 bits per heavy atom. The SMILES string of the molecule is COC[C@@H](N)c1cnc(F)c(N)c1. The summed E-state index contributed by atoms with van der Waals surface area (Å²) in [6.07, 6.45) is 1.36. The second-order valence-electron chi connectivity index (χ2n) is 2.71. The van der Waals surface area contributed by atoms with E-state index in [1.807, 2.05) is 0 Å². The fourth-order valence-corrected chi connectivity index (χ4v) is 0.961. The Hall–Kier alpha value is -1.20. The molecule has 5 heteroatoms. The van der Waals surface area contributed by atoms with Gasteiger partial charge in [-0.05, 0) is 11.6 Å². The molecule has 0 radical (unpaired) electrons. The van der Waals surface area contributed by atoms with Gasteiger partial charge in [0.25, 0.3) is 0 Å². The number of halogens is 1. The molecule has 0 amide bonds. The van der Waals surface area contributed by atoms with Gasteiger partial charge in [0.1, 0.15) is 0 Å². The lowest BCUT2D eigenvalue weighted by Gasteiger charge is -2.10. The van der Waals surface area contributed by atoms with E-state index >= 15 is 0 Å². The molecule has 0 saturated heterocycles. The summed E-state index contributed by atoms with van der Waals surface area (Å²) in [5, 5.41) is 0. The monoisotopic (exact) mass is 185 g/mol. The molecule has 0 aromatic carbocycles. The van der Waals surface area contributed by atoms with E-state index < -0.39 is 5.95 Å². The van der Waals surface area contributed by atoms with Crippen molar-refractivity contribution in [3.63, 3.8) is 0 Å². The van der Waals surface area contributed by atoms with Gasteiger partial charge in [-0.25, -0.2) is 4.98 Å². The smallest absolute Gasteiger partial charge is 0.236 e. The van der Waals surface area contributed by atoms with Gasteiger partial charge in [0.05, 0.1) is 18.3 Å². The second kappa shape index (κ2) is 4.15. The lowest BCUT2D eigenvalue weighted by Crippen LogP contribution is -2.16. The molecule has 0 bridgehead atoms. The van der Waals surface area contributed by atoms with E-state index in [1.54, 1.807) is 7.11 Å². The topological polar surface area (TPSA) is 74.2 Å². The standard InChI is InChI=1S/C8H12FN3O/c1-13-4-7(11)5-2-6(10)8(9)12-3-5/h2-3,7H,4,10-11H2,1H3/t7-/m1/s1. The highest BCUT2D eigenvalue weighted by molar-refractivity contribution is 5.39. The zero-order valence-electron chi connectivity index (χ0n) is 7.33. The van der Waals surface area contributed by atoms with Gasteiger partial charge in [-0.2, -0.15) is 4.39 Å². The fourth-order valence-electron chi connectivity index (χ4n) is 0.961. The van der Waals surface area contributed by atoms with Gasteiger partial charge >= 0.3 is 0 Å². The van der Waals surface area contributed by atoms with E-state index in [4.69, 9.17) is 16.2 Å². The molecule has 0 aliphatic rings. The van der Waals surface area contributed by atoms with Gasteiger partial charge in [0, 0.05) is 13.3 Å². The van der Waals surface area contributed by atoms with E-state index in [-0.39, 0.29) is 11.7 Å². The predicted octanol–water partition coefficient (Wildman–Crippen LogP) is 0.449. The zero-order valence-corrected chi connectivity index (χ0v) is 7.33. The molecule has 0 fully saturated rings. The highest BCUT2D eigenvalue weighted by Gasteiger charge is 2.08. The number of hydrogen-bond donors (Lipinski definition) is 2. The molecular weight excluding hydrogens is 173 g/mol. The molecule has 1 aromatic heterocycles. The number of methoxy groups -OCH3 is 1. The molecular formula is C8H12FN3O. The summed E-state index contributed by atoms with van der Waals surface area (Å²) in [4.78, 5) is 3.45. The molecule has 1 heterocycles. The average Bonchev–Trinajstić information content (AvgIpc) is 2.10. The summed E-state index contributed by atoms with van der Waals surface area (Å²) in [6, 6.07) is 1.15. The number of pyridine rings is 1. The summed E-state index contributed by atoms with van der Waals surface area (Å²) in [5.41, 5.74) is 11.7. The Kier molecular flexibility index (Phi) is 3.16. The Labute approximate surface area is 75.7 Å². The number of nitrogens with zero attached hydrogens (tertiary/aromatic N) is 1. The first-order chi connectivity index (χ1) is 6.15. The first-order valence-corrected chi connectivity index (χ1v) is 3.80. The van der Waals surface area contributed by atoms with Gasteiger partial charge in [-0.1, -0.05) is 0 Å². The summed E-state index contributed by atoms with van der Waals surface area (Å²) >= 11 is 0. The van der Waals surface area contributed by atoms with Gasteiger partial charge in [-0.3, -0.25) is 0 Å². The summed E-state index contributed by atoms with van der Waals surface area (Å²) in [7, 11) is 1.54. The highest BCUT2D eigenvalue weighted by Crippen LogP contribution is 2.14. The van der Waals surface area contributed by atoms with Gasteiger partial charge in [0.2, 0.25) is 5.95 Å². The molecule has 4 nitrogen and oxygen atoms in total. The number of ether oxygens (including phenoxy) is 1. The number of hydrogen-bond acceptors (Lipinski definition) is 4. The van der Waals surface area contributed by atoms with Crippen LogP contribution in [0.3, 0.4) is 0 Å². The van der Waals surface area contributed by atoms with Crippen LogP contribution in [-0.2, 0) is 4.74 Å². The van der Waals surface area contributed by atoms with Crippen LogP contribution in [0, 0.1) is 5.95 Å². The molecule has 13 heavy (non-hydrogen) atoms. The maximum Gasteiger partial charge on any atom is 0.236 e. The van der Waals surface area contributed by atoms with Crippen molar-refractivity contribution in [2.24, 2.45) is 5.73 Å². The summed E-state index contributed by atoms with van der Waals surface area (Å²) in [6.45, 7) is 0.354. The number of nitrogens with two attached hydrogens (primary N) is 2.